The third kappa shape index (κ3) is 3.60. The summed E-state index contributed by atoms with van der Waals surface area (Å²) < 4.78 is 5.51. The highest BCUT2D eigenvalue weighted by Crippen LogP contribution is 2.23. The topological polar surface area (TPSA) is 46.5 Å². The van der Waals surface area contributed by atoms with Gasteiger partial charge in [0, 0.05) is 0 Å². The fourth-order valence-electron chi connectivity index (χ4n) is 2.02. The van der Waals surface area contributed by atoms with Crippen LogP contribution in [0, 0.1) is 0 Å². The van der Waals surface area contributed by atoms with Gasteiger partial charge >= 0.3 is 5.97 Å². The zero-order valence-electron chi connectivity index (χ0n) is 11.5. The first-order valence-electron chi connectivity index (χ1n) is 6.75. The van der Waals surface area contributed by atoms with Gasteiger partial charge in [-0.15, -0.1) is 0 Å². The van der Waals surface area contributed by atoms with E-state index < -0.39 is 12.1 Å². The van der Waals surface area contributed by atoms with Gasteiger partial charge in [0.25, 0.3) is 0 Å². The minimum Gasteiger partial charge on any atom is -0.479 e. The summed E-state index contributed by atoms with van der Waals surface area (Å²) in [4.78, 5) is 11.1. The molecule has 0 amide bonds. The first-order valence-corrected chi connectivity index (χ1v) is 6.75. The Morgan fingerprint density at radius 2 is 1.65 bits per heavy atom. The highest BCUT2D eigenvalue weighted by atomic mass is 16.5. The van der Waals surface area contributed by atoms with Crippen molar-refractivity contribution in [3.05, 3.63) is 54.6 Å². The van der Waals surface area contributed by atoms with Crippen LogP contribution in [-0.4, -0.2) is 17.2 Å². The summed E-state index contributed by atoms with van der Waals surface area (Å²) in [6.07, 6.45) is 0.511. The van der Waals surface area contributed by atoms with Crippen molar-refractivity contribution in [2.75, 3.05) is 0 Å². The predicted molar refractivity (Wildman–Crippen MR) is 78.8 cm³/mol. The van der Waals surface area contributed by atoms with Gasteiger partial charge in [-0.3, -0.25) is 0 Å². The van der Waals surface area contributed by atoms with Crippen molar-refractivity contribution in [1.82, 2.24) is 0 Å². The van der Waals surface area contributed by atoms with E-state index in [1.807, 2.05) is 61.5 Å². The minimum absolute atomic E-state index is 0.510. The summed E-state index contributed by atoms with van der Waals surface area (Å²) >= 11 is 0. The van der Waals surface area contributed by atoms with E-state index in [1.165, 1.54) is 0 Å². The van der Waals surface area contributed by atoms with Crippen molar-refractivity contribution < 1.29 is 14.6 Å². The van der Waals surface area contributed by atoms with Crippen LogP contribution >= 0.6 is 0 Å². The lowest BCUT2D eigenvalue weighted by molar-refractivity contribution is -0.145. The molecule has 0 bridgehead atoms. The highest BCUT2D eigenvalue weighted by molar-refractivity contribution is 5.72. The Kier molecular flexibility index (Phi) is 4.77. The normalized spacial score (nSPS) is 11.8. The first kappa shape index (κ1) is 14.1. The Bertz CT molecular complexity index is 546. The van der Waals surface area contributed by atoms with Gasteiger partial charge in [-0.2, -0.15) is 0 Å². The average Bonchev–Trinajstić information content (AvgIpc) is 2.48. The predicted octanol–water partition coefficient (Wildman–Crippen LogP) is 3.99. The van der Waals surface area contributed by atoms with E-state index in [4.69, 9.17) is 9.84 Å². The van der Waals surface area contributed by atoms with Crippen LogP contribution in [0.4, 0.5) is 0 Å². The zero-order chi connectivity index (χ0) is 14.4. The molecule has 0 aliphatic carbocycles. The van der Waals surface area contributed by atoms with E-state index in [0.717, 1.165) is 17.5 Å². The molecule has 1 atom stereocenters. The van der Waals surface area contributed by atoms with Crippen molar-refractivity contribution in [3.8, 4) is 16.9 Å². The number of hydrogen-bond donors (Lipinski definition) is 1. The summed E-state index contributed by atoms with van der Waals surface area (Å²) in [6.45, 7) is 1.94. The van der Waals surface area contributed by atoms with Gasteiger partial charge < -0.3 is 9.84 Å². The van der Waals surface area contributed by atoms with Crippen LogP contribution in [0.3, 0.4) is 0 Å². The van der Waals surface area contributed by atoms with Gasteiger partial charge in [-0.05, 0) is 29.7 Å². The number of ether oxygens (including phenoxy) is 1. The van der Waals surface area contributed by atoms with Crippen molar-refractivity contribution >= 4 is 5.97 Å². The molecule has 0 saturated carbocycles. The maximum atomic E-state index is 11.1. The van der Waals surface area contributed by atoms with Crippen LogP contribution in [0.25, 0.3) is 11.1 Å². The maximum absolute atomic E-state index is 11.1. The molecule has 2 aromatic carbocycles. The highest BCUT2D eigenvalue weighted by Gasteiger charge is 2.17. The third-order valence-electron chi connectivity index (χ3n) is 3.07. The Labute approximate surface area is 118 Å². The van der Waals surface area contributed by atoms with Crippen LogP contribution in [0.15, 0.2) is 54.6 Å². The van der Waals surface area contributed by atoms with Gasteiger partial charge in [0.05, 0.1) is 0 Å². The van der Waals surface area contributed by atoms with Crippen molar-refractivity contribution in [1.29, 1.82) is 0 Å². The molecule has 1 N–H and O–H groups in total. The molecule has 0 aromatic heterocycles. The Balaban J connectivity index is 2.10. The maximum Gasteiger partial charge on any atom is 0.344 e. The molecule has 3 heteroatoms. The second kappa shape index (κ2) is 6.75. The van der Waals surface area contributed by atoms with E-state index >= 15 is 0 Å². The summed E-state index contributed by atoms with van der Waals surface area (Å²) in [5.41, 5.74) is 2.21. The molecule has 0 fully saturated rings. The van der Waals surface area contributed by atoms with Crippen LogP contribution in [0.5, 0.6) is 5.75 Å². The summed E-state index contributed by atoms with van der Waals surface area (Å²) in [5, 5.41) is 9.07. The standard InChI is InChI=1S/C17H18O3/c1-2-6-16(17(18)19)20-15-11-9-14(10-12-15)13-7-4-3-5-8-13/h3-5,7-12,16H,2,6H2,1H3,(H,18,19). The number of hydrogen-bond acceptors (Lipinski definition) is 2. The average molecular weight is 270 g/mol. The third-order valence-corrected chi connectivity index (χ3v) is 3.07. The van der Waals surface area contributed by atoms with Gasteiger partial charge in [0.15, 0.2) is 6.10 Å². The monoisotopic (exact) mass is 270 g/mol. The molecule has 0 aliphatic rings. The molecule has 0 spiro atoms. The van der Waals surface area contributed by atoms with E-state index in [-0.39, 0.29) is 0 Å². The smallest absolute Gasteiger partial charge is 0.344 e. The fraction of sp³-hybridized carbons (Fsp3) is 0.235. The van der Waals surface area contributed by atoms with E-state index in [2.05, 4.69) is 0 Å². The lowest BCUT2D eigenvalue weighted by atomic mass is 10.1. The SMILES string of the molecule is CCCC(Oc1ccc(-c2ccccc2)cc1)C(=O)O. The molecular formula is C17H18O3. The van der Waals surface area contributed by atoms with E-state index in [9.17, 15) is 4.79 Å². The molecule has 0 aliphatic heterocycles. The summed E-state index contributed by atoms with van der Waals surface area (Å²) in [7, 11) is 0. The molecule has 1 unspecified atom stereocenters. The largest absolute Gasteiger partial charge is 0.479 e. The van der Waals surface area contributed by atoms with Crippen LogP contribution < -0.4 is 4.74 Å². The van der Waals surface area contributed by atoms with Crippen LogP contribution in [0.2, 0.25) is 0 Å². The van der Waals surface area contributed by atoms with E-state index in [0.29, 0.717) is 12.2 Å². The minimum atomic E-state index is -0.918. The van der Waals surface area contributed by atoms with E-state index in [1.54, 1.807) is 0 Å². The second-order valence-electron chi connectivity index (χ2n) is 4.62. The van der Waals surface area contributed by atoms with Crippen LogP contribution in [0.1, 0.15) is 19.8 Å². The van der Waals surface area contributed by atoms with Gasteiger partial charge in [0.1, 0.15) is 5.75 Å². The number of carboxylic acid groups (broad SMARTS) is 1. The van der Waals surface area contributed by atoms with Crippen LogP contribution in [-0.2, 0) is 4.79 Å². The summed E-state index contributed by atoms with van der Waals surface area (Å²) in [5.74, 6) is -0.329. The second-order valence-corrected chi connectivity index (χ2v) is 4.62. The van der Waals surface area contributed by atoms with Crippen molar-refractivity contribution in [2.45, 2.75) is 25.9 Å². The molecule has 2 rings (SSSR count). The fourth-order valence-corrected chi connectivity index (χ4v) is 2.02. The molecule has 3 nitrogen and oxygen atoms in total. The Hall–Kier alpha value is -2.29. The molecule has 0 heterocycles. The molecule has 104 valence electrons. The number of carbonyl (C=O) groups is 1. The zero-order valence-corrected chi connectivity index (χ0v) is 11.5. The van der Waals surface area contributed by atoms with Crippen molar-refractivity contribution in [2.24, 2.45) is 0 Å². The van der Waals surface area contributed by atoms with Gasteiger partial charge in [-0.1, -0.05) is 55.8 Å². The number of aliphatic carboxylic acids is 1. The molecule has 20 heavy (non-hydrogen) atoms. The molecule has 0 radical (unpaired) electrons. The van der Waals surface area contributed by atoms with Gasteiger partial charge in [0.2, 0.25) is 0 Å². The number of rotatable bonds is 6. The lowest BCUT2D eigenvalue weighted by Gasteiger charge is -2.14. The molecule has 0 saturated heterocycles. The van der Waals surface area contributed by atoms with Crippen molar-refractivity contribution in [3.63, 3.8) is 0 Å². The molecule has 2 aromatic rings. The lowest BCUT2D eigenvalue weighted by Crippen LogP contribution is -2.26. The Morgan fingerprint density at radius 1 is 1.05 bits per heavy atom. The molecular weight excluding hydrogens is 252 g/mol. The first-order chi connectivity index (χ1) is 9.70. The number of carboxylic acids is 1. The Morgan fingerprint density at radius 3 is 2.20 bits per heavy atom. The summed E-state index contributed by atoms with van der Waals surface area (Å²) in [6, 6.07) is 17.5. The quantitative estimate of drug-likeness (QED) is 0.863. The number of benzene rings is 2. The van der Waals surface area contributed by atoms with Gasteiger partial charge in [-0.25, -0.2) is 4.79 Å².